The number of carbonyl (C=O) groups excluding carboxylic acids is 1. The zero-order chi connectivity index (χ0) is 15.8. The third-order valence-corrected chi connectivity index (χ3v) is 4.67. The quantitative estimate of drug-likeness (QED) is 0.798. The van der Waals surface area contributed by atoms with Gasteiger partial charge in [-0.1, -0.05) is 0 Å². The third-order valence-electron chi connectivity index (χ3n) is 3.53. The van der Waals surface area contributed by atoms with Crippen LogP contribution in [-0.4, -0.2) is 45.8 Å². The summed E-state index contributed by atoms with van der Waals surface area (Å²) < 4.78 is 29.7. The van der Waals surface area contributed by atoms with E-state index in [0.717, 1.165) is 0 Å². The van der Waals surface area contributed by atoms with E-state index in [0.29, 0.717) is 24.3 Å². The average molecular weight is 311 g/mol. The van der Waals surface area contributed by atoms with E-state index in [1.54, 1.807) is 12.1 Å². The number of anilines is 1. The molecule has 2 atom stereocenters. The molecule has 0 spiro atoms. The van der Waals surface area contributed by atoms with E-state index in [1.165, 1.54) is 19.2 Å². The Kier molecular flexibility index (Phi) is 4.39. The van der Waals surface area contributed by atoms with Crippen molar-refractivity contribution in [1.82, 2.24) is 0 Å². The van der Waals surface area contributed by atoms with Crippen LogP contribution in [0.2, 0.25) is 0 Å². The number of sulfone groups is 1. The van der Waals surface area contributed by atoms with Crippen molar-refractivity contribution < 1.29 is 17.9 Å². The van der Waals surface area contributed by atoms with Gasteiger partial charge in [-0.2, -0.15) is 0 Å². The number of rotatable bonds is 3. The minimum Gasteiger partial charge on any atom is -0.372 e. The highest BCUT2D eigenvalue weighted by Gasteiger charge is 2.26. The topological polar surface area (TPSA) is 63.7 Å². The lowest BCUT2D eigenvalue weighted by Gasteiger charge is -2.37. The fourth-order valence-electron chi connectivity index (χ4n) is 2.67. The molecule has 2 rings (SSSR count). The van der Waals surface area contributed by atoms with Crippen molar-refractivity contribution >= 4 is 21.3 Å². The monoisotopic (exact) mass is 311 g/mol. The molecule has 1 fully saturated rings. The van der Waals surface area contributed by atoms with Crippen molar-refractivity contribution in [3.63, 3.8) is 0 Å². The second-order valence-electron chi connectivity index (χ2n) is 5.67. The van der Waals surface area contributed by atoms with Crippen molar-refractivity contribution in [1.29, 1.82) is 0 Å². The van der Waals surface area contributed by atoms with Crippen molar-refractivity contribution in [2.75, 3.05) is 24.2 Å². The number of morpholine rings is 1. The Morgan fingerprint density at radius 2 is 1.81 bits per heavy atom. The molecule has 5 nitrogen and oxygen atoms in total. The molecule has 0 N–H and O–H groups in total. The molecule has 0 aromatic heterocycles. The fourth-order valence-corrected chi connectivity index (χ4v) is 3.55. The lowest BCUT2D eigenvalue weighted by atomic mass is 10.1. The van der Waals surface area contributed by atoms with Gasteiger partial charge in [0.15, 0.2) is 15.6 Å². The summed E-state index contributed by atoms with van der Waals surface area (Å²) in [4.78, 5) is 13.8. The molecule has 1 aromatic carbocycles. The number of nitrogens with zero attached hydrogens (tertiary/aromatic N) is 1. The molecule has 1 heterocycles. The standard InChI is InChI=1S/C15H21NO4S/c1-10-8-16(9-11(2)20-10)14-7-13(12(3)17)5-6-15(14)21(4,18)19/h5-7,10-11H,8-9H2,1-4H3/t10-,11+. The first-order chi connectivity index (χ1) is 9.68. The predicted molar refractivity (Wildman–Crippen MR) is 81.8 cm³/mol. The summed E-state index contributed by atoms with van der Waals surface area (Å²) in [7, 11) is -3.35. The van der Waals surface area contributed by atoms with Crippen LogP contribution >= 0.6 is 0 Å². The molecule has 1 aliphatic heterocycles. The minimum atomic E-state index is -3.35. The molecule has 0 saturated carbocycles. The van der Waals surface area contributed by atoms with Crippen LogP contribution in [0.25, 0.3) is 0 Å². The molecule has 0 radical (unpaired) electrons. The first-order valence-electron chi connectivity index (χ1n) is 6.94. The Balaban J connectivity index is 2.53. The number of ketones is 1. The van der Waals surface area contributed by atoms with Gasteiger partial charge in [0.2, 0.25) is 0 Å². The van der Waals surface area contributed by atoms with Gasteiger partial charge in [-0.05, 0) is 39.0 Å². The van der Waals surface area contributed by atoms with Crippen LogP contribution < -0.4 is 4.90 Å². The van der Waals surface area contributed by atoms with Crippen LogP contribution in [0.15, 0.2) is 23.1 Å². The molecule has 0 amide bonds. The summed E-state index contributed by atoms with van der Waals surface area (Å²) in [5, 5.41) is 0. The van der Waals surface area contributed by atoms with Crippen molar-refractivity contribution in [3.05, 3.63) is 23.8 Å². The first kappa shape index (κ1) is 16.0. The van der Waals surface area contributed by atoms with Crippen LogP contribution in [0, 0.1) is 0 Å². The second-order valence-corrected chi connectivity index (χ2v) is 7.66. The van der Waals surface area contributed by atoms with Gasteiger partial charge < -0.3 is 9.64 Å². The second kappa shape index (κ2) is 5.77. The van der Waals surface area contributed by atoms with Crippen molar-refractivity contribution in [2.24, 2.45) is 0 Å². The Morgan fingerprint density at radius 3 is 2.29 bits per heavy atom. The number of hydrogen-bond donors (Lipinski definition) is 0. The summed E-state index contributed by atoms with van der Waals surface area (Å²) >= 11 is 0. The number of carbonyl (C=O) groups is 1. The summed E-state index contributed by atoms with van der Waals surface area (Å²) in [6.45, 7) is 6.60. The fraction of sp³-hybridized carbons (Fsp3) is 0.533. The number of hydrogen-bond acceptors (Lipinski definition) is 5. The smallest absolute Gasteiger partial charge is 0.177 e. The molecule has 0 unspecified atom stereocenters. The van der Waals surface area contributed by atoms with E-state index in [9.17, 15) is 13.2 Å². The largest absolute Gasteiger partial charge is 0.372 e. The number of ether oxygens (including phenoxy) is 1. The highest BCUT2D eigenvalue weighted by molar-refractivity contribution is 7.90. The van der Waals surface area contributed by atoms with Crippen molar-refractivity contribution in [2.45, 2.75) is 37.9 Å². The van der Waals surface area contributed by atoms with Crippen LogP contribution in [-0.2, 0) is 14.6 Å². The average Bonchev–Trinajstić information content (AvgIpc) is 2.35. The van der Waals surface area contributed by atoms with Gasteiger partial charge in [0.1, 0.15) is 0 Å². The van der Waals surface area contributed by atoms with E-state index < -0.39 is 9.84 Å². The summed E-state index contributed by atoms with van der Waals surface area (Å²) in [5.41, 5.74) is 1.11. The van der Waals surface area contributed by atoms with Gasteiger partial charge in [0.05, 0.1) is 22.8 Å². The normalized spacial score (nSPS) is 23.1. The molecular weight excluding hydrogens is 290 g/mol. The lowest BCUT2D eigenvalue weighted by Crippen LogP contribution is -2.46. The molecule has 1 aliphatic rings. The van der Waals surface area contributed by atoms with Crippen LogP contribution in [0.4, 0.5) is 5.69 Å². The van der Waals surface area contributed by atoms with Crippen LogP contribution in [0.5, 0.6) is 0 Å². The lowest BCUT2D eigenvalue weighted by molar-refractivity contribution is -0.00537. The third kappa shape index (κ3) is 3.63. The molecule has 1 saturated heterocycles. The Bertz CT molecular complexity index is 644. The molecule has 0 aliphatic carbocycles. The summed E-state index contributed by atoms with van der Waals surface area (Å²) in [5.74, 6) is -0.0781. The van der Waals surface area contributed by atoms with Crippen molar-refractivity contribution in [3.8, 4) is 0 Å². The predicted octanol–water partition coefficient (Wildman–Crippen LogP) is 1.91. The molecule has 6 heteroatoms. The van der Waals surface area contributed by atoms with E-state index in [-0.39, 0.29) is 22.9 Å². The van der Waals surface area contributed by atoms with E-state index in [4.69, 9.17) is 4.74 Å². The van der Waals surface area contributed by atoms with Gasteiger partial charge in [-0.25, -0.2) is 8.42 Å². The molecule has 0 bridgehead atoms. The Morgan fingerprint density at radius 1 is 1.24 bits per heavy atom. The molecule has 21 heavy (non-hydrogen) atoms. The minimum absolute atomic E-state index is 0.0159. The Labute approximate surface area is 125 Å². The maximum Gasteiger partial charge on any atom is 0.177 e. The first-order valence-corrected chi connectivity index (χ1v) is 8.83. The van der Waals surface area contributed by atoms with E-state index in [2.05, 4.69) is 0 Å². The number of benzene rings is 1. The van der Waals surface area contributed by atoms with E-state index >= 15 is 0 Å². The maximum absolute atomic E-state index is 12.0. The SMILES string of the molecule is CC(=O)c1ccc(S(C)(=O)=O)c(N2C[C@@H](C)O[C@@H](C)C2)c1. The van der Waals surface area contributed by atoms with Crippen LogP contribution in [0.1, 0.15) is 31.1 Å². The maximum atomic E-state index is 12.0. The molecule has 116 valence electrons. The molecule has 1 aromatic rings. The number of Topliss-reactive ketones (excluding diaryl/α,β-unsaturated/α-hetero) is 1. The Hall–Kier alpha value is -1.40. The van der Waals surface area contributed by atoms with Gasteiger partial charge in [0, 0.05) is 24.9 Å². The van der Waals surface area contributed by atoms with E-state index in [1.807, 2.05) is 18.7 Å². The molecular formula is C15H21NO4S. The van der Waals surface area contributed by atoms with Crippen LogP contribution in [0.3, 0.4) is 0 Å². The van der Waals surface area contributed by atoms with Gasteiger partial charge in [-0.3, -0.25) is 4.79 Å². The highest BCUT2D eigenvalue weighted by Crippen LogP contribution is 2.29. The summed E-state index contributed by atoms with van der Waals surface area (Å²) in [6, 6.07) is 4.76. The van der Waals surface area contributed by atoms with Gasteiger partial charge in [-0.15, -0.1) is 0 Å². The summed E-state index contributed by atoms with van der Waals surface area (Å²) in [6.07, 6.45) is 1.22. The highest BCUT2D eigenvalue weighted by atomic mass is 32.2. The van der Waals surface area contributed by atoms with Gasteiger partial charge in [0.25, 0.3) is 0 Å². The van der Waals surface area contributed by atoms with Gasteiger partial charge >= 0.3 is 0 Å². The zero-order valence-corrected chi connectivity index (χ0v) is 13.6. The zero-order valence-electron chi connectivity index (χ0n) is 12.8.